The molecule has 2 aromatic rings. The Morgan fingerprint density at radius 2 is 1.77 bits per heavy atom. The van der Waals surface area contributed by atoms with Gasteiger partial charge < -0.3 is 15.0 Å². The SMILES string of the molecule is COC(=O)c1cccc(C(=O)Nc2cc(F)ccc2N2CCCCC2)c1. The van der Waals surface area contributed by atoms with Crippen molar-refractivity contribution in [3.63, 3.8) is 0 Å². The average Bonchev–Trinajstić information content (AvgIpc) is 2.68. The quantitative estimate of drug-likeness (QED) is 0.846. The van der Waals surface area contributed by atoms with Crippen LogP contribution in [0.25, 0.3) is 0 Å². The summed E-state index contributed by atoms with van der Waals surface area (Å²) in [5.41, 5.74) is 1.83. The molecule has 0 radical (unpaired) electrons. The van der Waals surface area contributed by atoms with E-state index in [1.165, 1.54) is 31.7 Å². The summed E-state index contributed by atoms with van der Waals surface area (Å²) in [6.45, 7) is 1.76. The molecule has 1 amide bonds. The molecule has 1 N–H and O–H groups in total. The molecule has 1 aliphatic heterocycles. The van der Waals surface area contributed by atoms with Gasteiger partial charge in [-0.05, 0) is 55.7 Å². The van der Waals surface area contributed by atoms with Gasteiger partial charge in [0.15, 0.2) is 0 Å². The van der Waals surface area contributed by atoms with E-state index < -0.39 is 17.7 Å². The Bertz CT molecular complexity index is 816. The van der Waals surface area contributed by atoms with Gasteiger partial charge in [0.1, 0.15) is 5.82 Å². The van der Waals surface area contributed by atoms with E-state index in [2.05, 4.69) is 15.0 Å². The number of hydrogen-bond donors (Lipinski definition) is 1. The lowest BCUT2D eigenvalue weighted by Crippen LogP contribution is -2.30. The molecule has 1 fully saturated rings. The Morgan fingerprint density at radius 3 is 2.50 bits per heavy atom. The summed E-state index contributed by atoms with van der Waals surface area (Å²) in [5, 5.41) is 2.78. The molecule has 0 saturated carbocycles. The van der Waals surface area contributed by atoms with Gasteiger partial charge in [-0.1, -0.05) is 6.07 Å². The molecule has 0 bridgehead atoms. The summed E-state index contributed by atoms with van der Waals surface area (Å²) in [7, 11) is 1.28. The largest absolute Gasteiger partial charge is 0.465 e. The Balaban J connectivity index is 1.85. The van der Waals surface area contributed by atoms with Crippen LogP contribution in [0.1, 0.15) is 40.0 Å². The van der Waals surface area contributed by atoms with Gasteiger partial charge >= 0.3 is 5.97 Å². The molecule has 136 valence electrons. The molecule has 0 spiro atoms. The number of rotatable bonds is 4. The standard InChI is InChI=1S/C20H21FN2O3/c1-26-20(25)15-7-5-6-14(12-15)19(24)22-17-13-16(21)8-9-18(17)23-10-3-2-4-11-23/h5-9,12-13H,2-4,10-11H2,1H3,(H,22,24). The Morgan fingerprint density at radius 1 is 1.04 bits per heavy atom. The Labute approximate surface area is 151 Å². The van der Waals surface area contributed by atoms with Crippen molar-refractivity contribution in [3.8, 4) is 0 Å². The number of methoxy groups -OCH3 is 1. The first kappa shape index (κ1) is 17.9. The number of esters is 1. The maximum atomic E-state index is 13.8. The first-order valence-electron chi connectivity index (χ1n) is 8.63. The molecule has 6 heteroatoms. The van der Waals surface area contributed by atoms with Crippen molar-refractivity contribution in [2.75, 3.05) is 30.4 Å². The van der Waals surface area contributed by atoms with Crippen molar-refractivity contribution in [1.29, 1.82) is 0 Å². The summed E-state index contributed by atoms with van der Waals surface area (Å²) in [6, 6.07) is 10.7. The smallest absolute Gasteiger partial charge is 0.337 e. The van der Waals surface area contributed by atoms with E-state index in [1.807, 2.05) is 0 Å². The highest BCUT2D eigenvalue weighted by atomic mass is 19.1. The van der Waals surface area contributed by atoms with Crippen LogP contribution in [0, 0.1) is 5.82 Å². The second-order valence-corrected chi connectivity index (χ2v) is 6.24. The topological polar surface area (TPSA) is 58.6 Å². The first-order valence-corrected chi connectivity index (χ1v) is 8.63. The zero-order chi connectivity index (χ0) is 18.5. The molecule has 0 aliphatic carbocycles. The Kier molecular flexibility index (Phi) is 5.51. The Hall–Kier alpha value is -2.89. The molecule has 5 nitrogen and oxygen atoms in total. The summed E-state index contributed by atoms with van der Waals surface area (Å²) in [6.07, 6.45) is 3.33. The van der Waals surface area contributed by atoms with E-state index in [0.717, 1.165) is 31.6 Å². The molecule has 0 aromatic heterocycles. The lowest BCUT2D eigenvalue weighted by molar-refractivity contribution is 0.0600. The van der Waals surface area contributed by atoms with Gasteiger partial charge in [0.05, 0.1) is 24.0 Å². The highest BCUT2D eigenvalue weighted by Crippen LogP contribution is 2.29. The van der Waals surface area contributed by atoms with E-state index in [9.17, 15) is 14.0 Å². The van der Waals surface area contributed by atoms with Crippen LogP contribution >= 0.6 is 0 Å². The third kappa shape index (κ3) is 4.02. The summed E-state index contributed by atoms with van der Waals surface area (Å²) < 4.78 is 18.4. The number of hydrogen-bond acceptors (Lipinski definition) is 4. The van der Waals surface area contributed by atoms with Gasteiger partial charge in [-0.2, -0.15) is 0 Å². The average molecular weight is 356 g/mol. The highest BCUT2D eigenvalue weighted by molar-refractivity contribution is 6.07. The number of carbonyl (C=O) groups is 2. The highest BCUT2D eigenvalue weighted by Gasteiger charge is 2.18. The third-order valence-electron chi connectivity index (χ3n) is 4.45. The molecule has 0 unspecified atom stereocenters. The number of piperidine rings is 1. The second-order valence-electron chi connectivity index (χ2n) is 6.24. The number of carbonyl (C=O) groups excluding carboxylic acids is 2. The zero-order valence-electron chi connectivity index (χ0n) is 14.6. The van der Waals surface area contributed by atoms with Gasteiger partial charge in [0.2, 0.25) is 0 Å². The summed E-state index contributed by atoms with van der Waals surface area (Å²) in [5.74, 6) is -1.33. The van der Waals surface area contributed by atoms with Crippen molar-refractivity contribution in [1.82, 2.24) is 0 Å². The second kappa shape index (κ2) is 7.99. The fourth-order valence-corrected chi connectivity index (χ4v) is 3.12. The molecule has 1 aliphatic rings. The lowest BCUT2D eigenvalue weighted by atomic mass is 10.1. The van der Waals surface area contributed by atoms with Crippen molar-refractivity contribution in [2.45, 2.75) is 19.3 Å². The van der Waals surface area contributed by atoms with Crippen LogP contribution in [-0.2, 0) is 4.74 Å². The van der Waals surface area contributed by atoms with Crippen molar-refractivity contribution < 1.29 is 18.7 Å². The van der Waals surface area contributed by atoms with Gasteiger partial charge in [0, 0.05) is 18.7 Å². The van der Waals surface area contributed by atoms with Gasteiger partial charge in [-0.15, -0.1) is 0 Å². The lowest BCUT2D eigenvalue weighted by Gasteiger charge is -2.30. The number of nitrogens with one attached hydrogen (secondary N) is 1. The fraction of sp³-hybridized carbons (Fsp3) is 0.300. The van der Waals surface area contributed by atoms with Crippen LogP contribution in [0.4, 0.5) is 15.8 Å². The molecule has 3 rings (SSSR count). The monoisotopic (exact) mass is 356 g/mol. The van der Waals surface area contributed by atoms with Crippen LogP contribution in [0.5, 0.6) is 0 Å². The minimum Gasteiger partial charge on any atom is -0.465 e. The van der Waals surface area contributed by atoms with E-state index >= 15 is 0 Å². The predicted molar refractivity (Wildman–Crippen MR) is 98.2 cm³/mol. The molecular formula is C20H21FN2O3. The van der Waals surface area contributed by atoms with E-state index in [-0.39, 0.29) is 5.56 Å². The van der Waals surface area contributed by atoms with Crippen molar-refractivity contribution >= 4 is 23.3 Å². The molecule has 26 heavy (non-hydrogen) atoms. The maximum absolute atomic E-state index is 13.8. The zero-order valence-corrected chi connectivity index (χ0v) is 14.6. The van der Waals surface area contributed by atoms with Crippen LogP contribution in [0.15, 0.2) is 42.5 Å². The van der Waals surface area contributed by atoms with Crippen LogP contribution < -0.4 is 10.2 Å². The first-order chi connectivity index (χ1) is 12.6. The minimum absolute atomic E-state index is 0.288. The number of halogens is 1. The number of benzene rings is 2. The minimum atomic E-state index is -0.514. The molecule has 0 atom stereocenters. The fourth-order valence-electron chi connectivity index (χ4n) is 3.12. The van der Waals surface area contributed by atoms with Gasteiger partial charge in [0.25, 0.3) is 5.91 Å². The number of ether oxygens (including phenoxy) is 1. The predicted octanol–water partition coefficient (Wildman–Crippen LogP) is 3.85. The van der Waals surface area contributed by atoms with Crippen LogP contribution in [-0.4, -0.2) is 32.1 Å². The van der Waals surface area contributed by atoms with Crippen LogP contribution in [0.2, 0.25) is 0 Å². The maximum Gasteiger partial charge on any atom is 0.337 e. The molecule has 2 aromatic carbocycles. The van der Waals surface area contributed by atoms with Gasteiger partial charge in [-0.3, -0.25) is 4.79 Å². The van der Waals surface area contributed by atoms with Crippen molar-refractivity contribution in [3.05, 3.63) is 59.4 Å². The normalized spacial score (nSPS) is 14.0. The van der Waals surface area contributed by atoms with Gasteiger partial charge in [-0.25, -0.2) is 9.18 Å². The molecule has 1 heterocycles. The molecular weight excluding hydrogens is 335 g/mol. The van der Waals surface area contributed by atoms with Crippen LogP contribution in [0.3, 0.4) is 0 Å². The number of amides is 1. The van der Waals surface area contributed by atoms with Crippen molar-refractivity contribution in [2.24, 2.45) is 0 Å². The number of anilines is 2. The molecule has 1 saturated heterocycles. The van der Waals surface area contributed by atoms with E-state index in [1.54, 1.807) is 24.3 Å². The third-order valence-corrected chi connectivity index (χ3v) is 4.45. The van der Waals surface area contributed by atoms with E-state index in [4.69, 9.17) is 0 Å². The number of nitrogens with zero attached hydrogens (tertiary/aromatic N) is 1. The summed E-state index contributed by atoms with van der Waals surface area (Å²) >= 11 is 0. The summed E-state index contributed by atoms with van der Waals surface area (Å²) in [4.78, 5) is 26.4. The van der Waals surface area contributed by atoms with E-state index in [0.29, 0.717) is 11.3 Å².